The van der Waals surface area contributed by atoms with Gasteiger partial charge >= 0.3 is 0 Å². The smallest absolute Gasteiger partial charge is 0.0176 e. The van der Waals surface area contributed by atoms with Crippen LogP contribution in [0.1, 0.15) is 19.8 Å². The lowest BCUT2D eigenvalue weighted by molar-refractivity contribution is 0.535. The van der Waals surface area contributed by atoms with Crippen LogP contribution >= 0.6 is 27.7 Å². The van der Waals surface area contributed by atoms with E-state index in [-0.39, 0.29) is 0 Å². The van der Waals surface area contributed by atoms with Gasteiger partial charge in [-0.05, 0) is 43.0 Å². The molecule has 0 heterocycles. The van der Waals surface area contributed by atoms with E-state index in [1.54, 1.807) is 0 Å². The first-order valence-electron chi connectivity index (χ1n) is 5.34. The summed E-state index contributed by atoms with van der Waals surface area (Å²) in [5, 5.41) is 0.696. The van der Waals surface area contributed by atoms with Gasteiger partial charge in [-0.1, -0.05) is 22.9 Å². The topological polar surface area (TPSA) is 26.0 Å². The summed E-state index contributed by atoms with van der Waals surface area (Å²) in [7, 11) is 0. The first-order valence-corrected chi connectivity index (χ1v) is 7.02. The largest absolute Gasteiger partial charge is 0.327 e. The van der Waals surface area contributed by atoms with Crippen molar-refractivity contribution in [1.29, 1.82) is 0 Å². The molecule has 3 unspecified atom stereocenters. The van der Waals surface area contributed by atoms with Crippen LogP contribution in [-0.4, -0.2) is 11.3 Å². The maximum atomic E-state index is 6.03. The average Bonchev–Trinajstić information content (AvgIpc) is 2.53. The Kier molecular flexibility index (Phi) is 3.75. The highest BCUT2D eigenvalue weighted by Gasteiger charge is 2.30. The molecule has 0 aliphatic heterocycles. The van der Waals surface area contributed by atoms with E-state index in [4.69, 9.17) is 5.73 Å². The molecule has 1 aromatic rings. The Morgan fingerprint density at radius 1 is 1.27 bits per heavy atom. The van der Waals surface area contributed by atoms with Gasteiger partial charge in [0.05, 0.1) is 0 Å². The molecule has 1 nitrogen and oxygen atoms in total. The minimum absolute atomic E-state index is 0.401. The van der Waals surface area contributed by atoms with E-state index >= 15 is 0 Å². The van der Waals surface area contributed by atoms with E-state index in [1.165, 1.54) is 17.7 Å². The zero-order valence-electron chi connectivity index (χ0n) is 8.82. The molecule has 1 aromatic carbocycles. The molecule has 0 amide bonds. The molecule has 82 valence electrons. The molecule has 0 spiro atoms. The van der Waals surface area contributed by atoms with Crippen molar-refractivity contribution >= 4 is 27.7 Å². The van der Waals surface area contributed by atoms with E-state index < -0.39 is 0 Å². The molecular weight excluding hydrogens is 270 g/mol. The molecule has 0 saturated heterocycles. The molecular formula is C12H16BrNS. The highest BCUT2D eigenvalue weighted by atomic mass is 79.9. The number of benzene rings is 1. The molecule has 0 radical (unpaired) electrons. The van der Waals surface area contributed by atoms with Gasteiger partial charge in [-0.2, -0.15) is 0 Å². The summed E-state index contributed by atoms with van der Waals surface area (Å²) in [6, 6.07) is 8.94. The molecule has 1 fully saturated rings. The number of halogens is 1. The third kappa shape index (κ3) is 2.77. The zero-order valence-corrected chi connectivity index (χ0v) is 11.2. The van der Waals surface area contributed by atoms with Gasteiger partial charge in [0, 0.05) is 20.7 Å². The monoisotopic (exact) mass is 285 g/mol. The molecule has 2 rings (SSSR count). The van der Waals surface area contributed by atoms with Gasteiger partial charge in [0.25, 0.3) is 0 Å². The number of hydrogen-bond donors (Lipinski definition) is 1. The van der Waals surface area contributed by atoms with Gasteiger partial charge in [0.2, 0.25) is 0 Å². The van der Waals surface area contributed by atoms with Gasteiger partial charge < -0.3 is 5.73 Å². The van der Waals surface area contributed by atoms with Crippen molar-refractivity contribution < 1.29 is 0 Å². The van der Waals surface area contributed by atoms with Crippen molar-refractivity contribution in [3.05, 3.63) is 28.7 Å². The Morgan fingerprint density at radius 2 is 1.93 bits per heavy atom. The van der Waals surface area contributed by atoms with Crippen LogP contribution in [0, 0.1) is 5.92 Å². The Labute approximate surface area is 104 Å². The quantitative estimate of drug-likeness (QED) is 0.897. The lowest BCUT2D eigenvalue weighted by Crippen LogP contribution is -2.25. The highest BCUT2D eigenvalue weighted by molar-refractivity contribution is 9.10. The first-order chi connectivity index (χ1) is 7.16. The minimum Gasteiger partial charge on any atom is -0.327 e. The molecule has 15 heavy (non-hydrogen) atoms. The Morgan fingerprint density at radius 3 is 2.47 bits per heavy atom. The predicted molar refractivity (Wildman–Crippen MR) is 70.2 cm³/mol. The maximum Gasteiger partial charge on any atom is 0.0176 e. The first kappa shape index (κ1) is 11.5. The normalized spacial score (nSPS) is 30.7. The van der Waals surface area contributed by atoms with Crippen LogP contribution in [0.2, 0.25) is 0 Å². The lowest BCUT2D eigenvalue weighted by atomic mass is 10.1. The molecule has 0 aromatic heterocycles. The van der Waals surface area contributed by atoms with Crippen molar-refractivity contribution in [2.75, 3.05) is 0 Å². The predicted octanol–water partition coefficient (Wildman–Crippen LogP) is 3.67. The zero-order chi connectivity index (χ0) is 10.8. The minimum atomic E-state index is 0.401. The van der Waals surface area contributed by atoms with Gasteiger partial charge in [-0.25, -0.2) is 0 Å². The summed E-state index contributed by atoms with van der Waals surface area (Å²) >= 11 is 5.42. The fourth-order valence-electron chi connectivity index (χ4n) is 2.01. The van der Waals surface area contributed by atoms with Gasteiger partial charge in [-0.15, -0.1) is 11.8 Å². The van der Waals surface area contributed by atoms with E-state index in [0.29, 0.717) is 17.2 Å². The van der Waals surface area contributed by atoms with Crippen LogP contribution in [0.4, 0.5) is 0 Å². The van der Waals surface area contributed by atoms with Crippen molar-refractivity contribution in [2.24, 2.45) is 11.7 Å². The summed E-state index contributed by atoms with van der Waals surface area (Å²) < 4.78 is 1.14. The molecule has 3 heteroatoms. The van der Waals surface area contributed by atoms with Crippen LogP contribution in [-0.2, 0) is 0 Å². The van der Waals surface area contributed by atoms with Crippen LogP contribution in [0.15, 0.2) is 33.6 Å². The summed E-state index contributed by atoms with van der Waals surface area (Å²) in [5.74, 6) is 0.638. The maximum absolute atomic E-state index is 6.03. The second kappa shape index (κ2) is 4.89. The fraction of sp³-hybridized carbons (Fsp3) is 0.500. The number of hydrogen-bond acceptors (Lipinski definition) is 2. The fourth-order valence-corrected chi connectivity index (χ4v) is 3.59. The van der Waals surface area contributed by atoms with Crippen molar-refractivity contribution in [3.8, 4) is 0 Å². The summed E-state index contributed by atoms with van der Waals surface area (Å²) in [6.45, 7) is 2.27. The van der Waals surface area contributed by atoms with Crippen LogP contribution in [0.3, 0.4) is 0 Å². The molecule has 3 atom stereocenters. The molecule has 2 N–H and O–H groups in total. The SMILES string of the molecule is CC1C(N)CCC1Sc1ccc(Br)cc1. The van der Waals surface area contributed by atoms with Gasteiger partial charge in [0.1, 0.15) is 0 Å². The van der Waals surface area contributed by atoms with Crippen molar-refractivity contribution in [1.82, 2.24) is 0 Å². The third-order valence-corrected chi connectivity index (χ3v) is 5.19. The van der Waals surface area contributed by atoms with Gasteiger partial charge in [-0.3, -0.25) is 0 Å². The van der Waals surface area contributed by atoms with E-state index in [1.807, 2.05) is 11.8 Å². The standard InChI is InChI=1S/C12H16BrNS/c1-8-11(14)6-7-12(8)15-10-4-2-9(13)3-5-10/h2-5,8,11-12H,6-7,14H2,1H3. The van der Waals surface area contributed by atoms with Crippen LogP contribution in [0.5, 0.6) is 0 Å². The molecule has 1 aliphatic carbocycles. The third-order valence-electron chi connectivity index (χ3n) is 3.15. The second-order valence-electron chi connectivity index (χ2n) is 4.21. The highest BCUT2D eigenvalue weighted by Crippen LogP contribution is 2.38. The Balaban J connectivity index is 2.00. The van der Waals surface area contributed by atoms with E-state index in [0.717, 1.165) is 4.47 Å². The average molecular weight is 286 g/mol. The van der Waals surface area contributed by atoms with E-state index in [9.17, 15) is 0 Å². The van der Waals surface area contributed by atoms with Gasteiger partial charge in [0.15, 0.2) is 0 Å². The van der Waals surface area contributed by atoms with Crippen molar-refractivity contribution in [3.63, 3.8) is 0 Å². The Hall–Kier alpha value is 0.01000. The summed E-state index contributed by atoms with van der Waals surface area (Å²) in [4.78, 5) is 1.35. The Bertz CT molecular complexity index is 325. The van der Waals surface area contributed by atoms with Crippen LogP contribution in [0.25, 0.3) is 0 Å². The summed E-state index contributed by atoms with van der Waals surface area (Å²) in [6.07, 6.45) is 2.43. The molecule has 1 saturated carbocycles. The summed E-state index contributed by atoms with van der Waals surface area (Å²) in [5.41, 5.74) is 6.03. The number of nitrogens with two attached hydrogens (primary N) is 1. The van der Waals surface area contributed by atoms with E-state index in [2.05, 4.69) is 47.1 Å². The number of rotatable bonds is 2. The van der Waals surface area contributed by atoms with Crippen LogP contribution < -0.4 is 5.73 Å². The van der Waals surface area contributed by atoms with Crippen molar-refractivity contribution in [2.45, 2.75) is 36.0 Å². The number of thioether (sulfide) groups is 1. The molecule has 1 aliphatic rings. The second-order valence-corrected chi connectivity index (χ2v) is 6.44. The lowest BCUT2D eigenvalue weighted by Gasteiger charge is -2.17. The molecule has 0 bridgehead atoms.